The van der Waals surface area contributed by atoms with Gasteiger partial charge in [-0.05, 0) is 43.4 Å². The van der Waals surface area contributed by atoms with Crippen molar-refractivity contribution in [1.29, 1.82) is 0 Å². The molecule has 0 aromatic heterocycles. The van der Waals surface area contributed by atoms with E-state index in [0.717, 1.165) is 18.5 Å². The normalized spacial score (nSPS) is 25.2. The fraction of sp³-hybridized carbons (Fsp3) is 0.625. The Morgan fingerprint density at radius 1 is 1.26 bits per heavy atom. The number of ether oxygens (including phenoxy) is 1. The Hall–Kier alpha value is -0.930. The van der Waals surface area contributed by atoms with E-state index in [1.54, 1.807) is 12.1 Å². The zero-order chi connectivity index (χ0) is 13.1. The van der Waals surface area contributed by atoms with Gasteiger partial charge in [0.2, 0.25) is 0 Å². The van der Waals surface area contributed by atoms with E-state index in [2.05, 4.69) is 5.32 Å². The molecule has 1 heterocycles. The van der Waals surface area contributed by atoms with Crippen molar-refractivity contribution < 1.29 is 9.13 Å². The third-order valence-corrected chi connectivity index (χ3v) is 4.44. The first-order chi connectivity index (χ1) is 9.26. The van der Waals surface area contributed by atoms with Crippen LogP contribution >= 0.6 is 0 Å². The maximum Gasteiger partial charge on any atom is 0.123 e. The summed E-state index contributed by atoms with van der Waals surface area (Å²) in [6.07, 6.45) is 7.86. The lowest BCUT2D eigenvalue weighted by Crippen LogP contribution is -2.30. The van der Waals surface area contributed by atoms with E-state index in [1.807, 2.05) is 6.07 Å². The van der Waals surface area contributed by atoms with E-state index in [4.69, 9.17) is 4.74 Å². The zero-order valence-corrected chi connectivity index (χ0v) is 11.3. The standard InChI is InChI=1S/C16H22FNO/c17-14-5-3-4-13(10-14)11-18-12-15-6-9-16(19-15)7-1-2-8-16/h3-5,10,15,18H,1-2,6-9,11-12H2. The Morgan fingerprint density at radius 3 is 2.89 bits per heavy atom. The van der Waals surface area contributed by atoms with Gasteiger partial charge in [-0.3, -0.25) is 0 Å². The summed E-state index contributed by atoms with van der Waals surface area (Å²) in [5.74, 6) is -0.165. The first-order valence-corrected chi connectivity index (χ1v) is 7.39. The van der Waals surface area contributed by atoms with Crippen LogP contribution in [0.15, 0.2) is 24.3 Å². The average molecular weight is 263 g/mol. The third kappa shape index (κ3) is 3.15. The average Bonchev–Trinajstić information content (AvgIpc) is 3.01. The number of hydrogen-bond acceptors (Lipinski definition) is 2. The van der Waals surface area contributed by atoms with Crippen molar-refractivity contribution in [3.05, 3.63) is 35.6 Å². The Labute approximate surface area is 114 Å². The van der Waals surface area contributed by atoms with Crippen LogP contribution in [0.5, 0.6) is 0 Å². The zero-order valence-electron chi connectivity index (χ0n) is 11.3. The van der Waals surface area contributed by atoms with Gasteiger partial charge in [-0.1, -0.05) is 25.0 Å². The predicted molar refractivity (Wildman–Crippen MR) is 73.4 cm³/mol. The number of rotatable bonds is 4. The Bertz CT molecular complexity index is 429. The van der Waals surface area contributed by atoms with Crippen LogP contribution in [0.2, 0.25) is 0 Å². The van der Waals surface area contributed by atoms with Crippen LogP contribution in [-0.4, -0.2) is 18.2 Å². The largest absolute Gasteiger partial charge is 0.370 e. The van der Waals surface area contributed by atoms with E-state index in [-0.39, 0.29) is 11.4 Å². The molecule has 3 rings (SSSR count). The molecule has 0 bridgehead atoms. The summed E-state index contributed by atoms with van der Waals surface area (Å²) in [6, 6.07) is 6.77. The van der Waals surface area contributed by atoms with Gasteiger partial charge in [0, 0.05) is 13.1 Å². The Kier molecular flexibility index (Phi) is 3.85. The highest BCUT2D eigenvalue weighted by Gasteiger charge is 2.41. The molecule has 0 radical (unpaired) electrons. The second-order valence-electron chi connectivity index (χ2n) is 5.93. The van der Waals surface area contributed by atoms with Gasteiger partial charge >= 0.3 is 0 Å². The summed E-state index contributed by atoms with van der Waals surface area (Å²) in [5, 5.41) is 3.39. The van der Waals surface area contributed by atoms with Crippen molar-refractivity contribution in [1.82, 2.24) is 5.32 Å². The van der Waals surface area contributed by atoms with Crippen molar-refractivity contribution in [2.75, 3.05) is 6.54 Å². The molecule has 1 aliphatic carbocycles. The molecule has 1 aromatic carbocycles. The van der Waals surface area contributed by atoms with Crippen molar-refractivity contribution >= 4 is 0 Å². The van der Waals surface area contributed by atoms with Gasteiger partial charge in [0.05, 0.1) is 11.7 Å². The van der Waals surface area contributed by atoms with Crippen LogP contribution in [0, 0.1) is 5.82 Å². The second-order valence-corrected chi connectivity index (χ2v) is 5.93. The van der Waals surface area contributed by atoms with Crippen LogP contribution in [0.4, 0.5) is 4.39 Å². The summed E-state index contributed by atoms with van der Waals surface area (Å²) in [7, 11) is 0. The lowest BCUT2D eigenvalue weighted by atomic mass is 9.98. The van der Waals surface area contributed by atoms with E-state index in [9.17, 15) is 4.39 Å². The predicted octanol–water partition coefficient (Wildman–Crippen LogP) is 3.41. The van der Waals surface area contributed by atoms with E-state index in [0.29, 0.717) is 12.6 Å². The van der Waals surface area contributed by atoms with Gasteiger partial charge in [0.15, 0.2) is 0 Å². The Morgan fingerprint density at radius 2 is 2.11 bits per heavy atom. The van der Waals surface area contributed by atoms with Gasteiger partial charge in [-0.2, -0.15) is 0 Å². The lowest BCUT2D eigenvalue weighted by molar-refractivity contribution is -0.0351. The van der Waals surface area contributed by atoms with Crippen molar-refractivity contribution in [3.63, 3.8) is 0 Å². The monoisotopic (exact) mass is 263 g/mol. The van der Waals surface area contributed by atoms with Crippen LogP contribution in [0.1, 0.15) is 44.1 Å². The molecule has 3 heteroatoms. The molecular weight excluding hydrogens is 241 g/mol. The molecule has 104 valence electrons. The fourth-order valence-corrected chi connectivity index (χ4v) is 3.45. The highest BCUT2D eigenvalue weighted by atomic mass is 19.1. The molecule has 1 spiro atoms. The highest BCUT2D eigenvalue weighted by molar-refractivity contribution is 5.15. The van der Waals surface area contributed by atoms with Crippen molar-refractivity contribution in [2.24, 2.45) is 0 Å². The minimum Gasteiger partial charge on any atom is -0.370 e. The lowest BCUT2D eigenvalue weighted by Gasteiger charge is -2.23. The molecule has 1 aromatic rings. The smallest absolute Gasteiger partial charge is 0.123 e. The molecule has 2 nitrogen and oxygen atoms in total. The van der Waals surface area contributed by atoms with Gasteiger partial charge in [-0.25, -0.2) is 4.39 Å². The van der Waals surface area contributed by atoms with Gasteiger partial charge in [-0.15, -0.1) is 0 Å². The SMILES string of the molecule is Fc1cccc(CNCC2CCC3(CCCC3)O2)c1. The molecule has 1 atom stereocenters. The van der Waals surface area contributed by atoms with Gasteiger partial charge < -0.3 is 10.1 Å². The minimum atomic E-state index is -0.165. The molecular formula is C16H22FNO. The van der Waals surface area contributed by atoms with Crippen LogP contribution in [-0.2, 0) is 11.3 Å². The summed E-state index contributed by atoms with van der Waals surface area (Å²) in [5.41, 5.74) is 1.21. The van der Waals surface area contributed by atoms with Crippen molar-refractivity contribution in [3.8, 4) is 0 Å². The van der Waals surface area contributed by atoms with Crippen LogP contribution in [0.25, 0.3) is 0 Å². The molecule has 1 saturated carbocycles. The maximum atomic E-state index is 13.0. The number of nitrogens with one attached hydrogen (secondary N) is 1. The van der Waals surface area contributed by atoms with Crippen LogP contribution < -0.4 is 5.32 Å². The maximum absolute atomic E-state index is 13.0. The number of halogens is 1. The van der Waals surface area contributed by atoms with Gasteiger partial charge in [0.25, 0.3) is 0 Å². The molecule has 2 fully saturated rings. The quantitative estimate of drug-likeness (QED) is 0.899. The first kappa shape index (κ1) is 13.1. The molecule has 1 unspecified atom stereocenters. The molecule has 1 aliphatic heterocycles. The number of hydrogen-bond donors (Lipinski definition) is 1. The molecule has 1 N–H and O–H groups in total. The second kappa shape index (κ2) is 5.59. The highest BCUT2D eigenvalue weighted by Crippen LogP contribution is 2.43. The Balaban J connectivity index is 1.43. The summed E-state index contributed by atoms with van der Waals surface area (Å²) in [6.45, 7) is 1.59. The first-order valence-electron chi connectivity index (χ1n) is 7.39. The molecule has 19 heavy (non-hydrogen) atoms. The molecule has 2 aliphatic rings. The topological polar surface area (TPSA) is 21.3 Å². The summed E-state index contributed by atoms with van der Waals surface area (Å²) in [4.78, 5) is 0. The third-order valence-electron chi connectivity index (χ3n) is 4.44. The van der Waals surface area contributed by atoms with Gasteiger partial charge in [0.1, 0.15) is 5.82 Å². The van der Waals surface area contributed by atoms with E-state index < -0.39 is 0 Å². The molecule has 0 amide bonds. The summed E-state index contributed by atoms with van der Waals surface area (Å²) >= 11 is 0. The van der Waals surface area contributed by atoms with E-state index in [1.165, 1.54) is 38.2 Å². The number of benzene rings is 1. The van der Waals surface area contributed by atoms with E-state index >= 15 is 0 Å². The van der Waals surface area contributed by atoms with Crippen molar-refractivity contribution in [2.45, 2.75) is 56.8 Å². The minimum absolute atomic E-state index is 0.165. The van der Waals surface area contributed by atoms with Crippen LogP contribution in [0.3, 0.4) is 0 Å². The fourth-order valence-electron chi connectivity index (χ4n) is 3.45. The molecule has 1 saturated heterocycles. The summed E-state index contributed by atoms with van der Waals surface area (Å²) < 4.78 is 19.3.